The van der Waals surface area contributed by atoms with Crippen LogP contribution in [0.2, 0.25) is 0 Å². The maximum Gasteiger partial charge on any atom is 0.254 e. The van der Waals surface area contributed by atoms with Crippen LogP contribution in [-0.2, 0) is 6.54 Å². The highest BCUT2D eigenvalue weighted by Crippen LogP contribution is 2.18. The molecular formula is C16H17BrN2O. The summed E-state index contributed by atoms with van der Waals surface area (Å²) in [6.45, 7) is 2.48. The molecule has 0 unspecified atom stereocenters. The Bertz CT molecular complexity index is 640. The molecule has 0 atom stereocenters. The van der Waals surface area contributed by atoms with E-state index in [2.05, 4.69) is 15.9 Å². The molecule has 0 fully saturated rings. The number of rotatable bonds is 3. The molecule has 0 aliphatic carbocycles. The molecule has 0 aliphatic heterocycles. The van der Waals surface area contributed by atoms with Gasteiger partial charge in [0.1, 0.15) is 0 Å². The van der Waals surface area contributed by atoms with Crippen molar-refractivity contribution >= 4 is 27.5 Å². The average molecular weight is 333 g/mol. The summed E-state index contributed by atoms with van der Waals surface area (Å²) in [6, 6.07) is 13.3. The normalized spacial score (nSPS) is 10.3. The Labute approximate surface area is 127 Å². The van der Waals surface area contributed by atoms with Gasteiger partial charge in [-0.2, -0.15) is 0 Å². The second-order valence-electron chi connectivity index (χ2n) is 4.87. The standard InChI is InChI=1S/C16H17BrN2O/c1-11-8-13(17)6-7-15(11)16(20)19(2)10-12-4-3-5-14(18)9-12/h3-9H,10,18H2,1-2H3. The Balaban J connectivity index is 2.16. The van der Waals surface area contributed by atoms with Crippen molar-refractivity contribution in [3.8, 4) is 0 Å². The van der Waals surface area contributed by atoms with Crippen molar-refractivity contribution in [2.45, 2.75) is 13.5 Å². The van der Waals surface area contributed by atoms with Crippen LogP contribution in [0.3, 0.4) is 0 Å². The molecule has 0 radical (unpaired) electrons. The first kappa shape index (κ1) is 14.6. The fraction of sp³-hybridized carbons (Fsp3) is 0.188. The van der Waals surface area contributed by atoms with E-state index in [4.69, 9.17) is 5.73 Å². The molecule has 2 rings (SSSR count). The largest absolute Gasteiger partial charge is 0.399 e. The van der Waals surface area contributed by atoms with Crippen molar-refractivity contribution < 1.29 is 4.79 Å². The van der Waals surface area contributed by atoms with E-state index in [-0.39, 0.29) is 5.91 Å². The highest BCUT2D eigenvalue weighted by molar-refractivity contribution is 9.10. The second-order valence-corrected chi connectivity index (χ2v) is 5.78. The molecule has 2 aromatic rings. The molecule has 0 bridgehead atoms. The molecule has 0 saturated carbocycles. The summed E-state index contributed by atoms with van der Waals surface area (Å²) in [7, 11) is 1.80. The highest BCUT2D eigenvalue weighted by Gasteiger charge is 2.14. The van der Waals surface area contributed by atoms with Crippen LogP contribution in [0, 0.1) is 6.92 Å². The van der Waals surface area contributed by atoms with Crippen molar-refractivity contribution in [3.63, 3.8) is 0 Å². The van der Waals surface area contributed by atoms with Crippen LogP contribution in [0.5, 0.6) is 0 Å². The molecule has 4 heteroatoms. The Hall–Kier alpha value is -1.81. The predicted octanol–water partition coefficient (Wildman–Crippen LogP) is 3.61. The molecular weight excluding hydrogens is 316 g/mol. The Morgan fingerprint density at radius 2 is 2.00 bits per heavy atom. The van der Waals surface area contributed by atoms with E-state index < -0.39 is 0 Å². The van der Waals surface area contributed by atoms with E-state index in [0.717, 1.165) is 21.2 Å². The van der Waals surface area contributed by atoms with Gasteiger partial charge in [-0.05, 0) is 48.4 Å². The van der Waals surface area contributed by atoms with Crippen LogP contribution < -0.4 is 5.73 Å². The number of nitrogens with zero attached hydrogens (tertiary/aromatic N) is 1. The minimum atomic E-state index is 0.0115. The quantitative estimate of drug-likeness (QED) is 0.872. The lowest BCUT2D eigenvalue weighted by atomic mass is 10.1. The number of hydrogen-bond acceptors (Lipinski definition) is 2. The summed E-state index contributed by atoms with van der Waals surface area (Å²) < 4.78 is 0.977. The Morgan fingerprint density at radius 3 is 2.65 bits per heavy atom. The maximum absolute atomic E-state index is 12.4. The molecule has 2 aromatic carbocycles. The van der Waals surface area contributed by atoms with E-state index >= 15 is 0 Å². The van der Waals surface area contributed by atoms with Gasteiger partial charge in [0, 0.05) is 29.3 Å². The third-order valence-corrected chi connectivity index (χ3v) is 3.63. The van der Waals surface area contributed by atoms with Gasteiger partial charge >= 0.3 is 0 Å². The molecule has 3 nitrogen and oxygen atoms in total. The van der Waals surface area contributed by atoms with Crippen molar-refractivity contribution in [1.82, 2.24) is 4.90 Å². The number of carbonyl (C=O) groups is 1. The molecule has 0 spiro atoms. The van der Waals surface area contributed by atoms with Crippen LogP contribution in [0.4, 0.5) is 5.69 Å². The second kappa shape index (κ2) is 6.09. The van der Waals surface area contributed by atoms with Crippen LogP contribution in [-0.4, -0.2) is 17.9 Å². The zero-order valence-corrected chi connectivity index (χ0v) is 13.1. The lowest BCUT2D eigenvalue weighted by Crippen LogP contribution is -2.26. The number of aryl methyl sites for hydroxylation is 1. The summed E-state index contributed by atoms with van der Waals surface area (Å²) in [4.78, 5) is 14.1. The zero-order chi connectivity index (χ0) is 14.7. The number of amides is 1. The molecule has 1 amide bonds. The number of anilines is 1. The molecule has 20 heavy (non-hydrogen) atoms. The first-order valence-electron chi connectivity index (χ1n) is 6.33. The van der Waals surface area contributed by atoms with E-state index in [9.17, 15) is 4.79 Å². The number of hydrogen-bond donors (Lipinski definition) is 1. The molecule has 0 heterocycles. The third-order valence-electron chi connectivity index (χ3n) is 3.14. The minimum absolute atomic E-state index is 0.0115. The lowest BCUT2D eigenvalue weighted by molar-refractivity contribution is 0.0784. The lowest BCUT2D eigenvalue weighted by Gasteiger charge is -2.19. The maximum atomic E-state index is 12.4. The summed E-state index contributed by atoms with van der Waals surface area (Å²) in [5.74, 6) is 0.0115. The number of halogens is 1. The van der Waals surface area contributed by atoms with E-state index in [1.165, 1.54) is 0 Å². The van der Waals surface area contributed by atoms with Crippen molar-refractivity contribution in [2.75, 3.05) is 12.8 Å². The van der Waals surface area contributed by atoms with Gasteiger partial charge in [-0.3, -0.25) is 4.79 Å². The number of nitrogen functional groups attached to an aromatic ring is 1. The molecule has 0 saturated heterocycles. The SMILES string of the molecule is Cc1cc(Br)ccc1C(=O)N(C)Cc1cccc(N)c1. The molecule has 0 aromatic heterocycles. The van der Waals surface area contributed by atoms with Crippen LogP contribution in [0.25, 0.3) is 0 Å². The Morgan fingerprint density at radius 1 is 1.25 bits per heavy atom. The molecule has 0 aliphatic rings. The van der Waals surface area contributed by atoms with Crippen LogP contribution >= 0.6 is 15.9 Å². The van der Waals surface area contributed by atoms with Crippen molar-refractivity contribution in [2.24, 2.45) is 0 Å². The van der Waals surface area contributed by atoms with Gasteiger partial charge in [0.15, 0.2) is 0 Å². The summed E-state index contributed by atoms with van der Waals surface area (Å²) in [5.41, 5.74) is 9.17. The van der Waals surface area contributed by atoms with Gasteiger partial charge in [0.05, 0.1) is 0 Å². The van der Waals surface area contributed by atoms with Gasteiger partial charge in [-0.25, -0.2) is 0 Å². The van der Waals surface area contributed by atoms with Crippen molar-refractivity contribution in [1.29, 1.82) is 0 Å². The summed E-state index contributed by atoms with van der Waals surface area (Å²) in [6.07, 6.45) is 0. The zero-order valence-electron chi connectivity index (χ0n) is 11.6. The van der Waals surface area contributed by atoms with Crippen LogP contribution in [0.1, 0.15) is 21.5 Å². The molecule has 2 N–H and O–H groups in total. The fourth-order valence-corrected chi connectivity index (χ4v) is 2.59. The predicted molar refractivity (Wildman–Crippen MR) is 85.5 cm³/mol. The van der Waals surface area contributed by atoms with Gasteiger partial charge in [-0.1, -0.05) is 28.1 Å². The highest BCUT2D eigenvalue weighted by atomic mass is 79.9. The number of benzene rings is 2. The van der Waals surface area contributed by atoms with Crippen LogP contribution in [0.15, 0.2) is 46.9 Å². The van der Waals surface area contributed by atoms with E-state index in [1.54, 1.807) is 11.9 Å². The minimum Gasteiger partial charge on any atom is -0.399 e. The van der Waals surface area contributed by atoms with Gasteiger partial charge in [-0.15, -0.1) is 0 Å². The smallest absolute Gasteiger partial charge is 0.254 e. The van der Waals surface area contributed by atoms with E-state index in [1.807, 2.05) is 49.4 Å². The summed E-state index contributed by atoms with van der Waals surface area (Å²) in [5, 5.41) is 0. The topological polar surface area (TPSA) is 46.3 Å². The van der Waals surface area contributed by atoms with Gasteiger partial charge < -0.3 is 10.6 Å². The molecule has 104 valence electrons. The van der Waals surface area contributed by atoms with Gasteiger partial charge in [0.25, 0.3) is 5.91 Å². The third kappa shape index (κ3) is 3.39. The van der Waals surface area contributed by atoms with Crippen molar-refractivity contribution in [3.05, 3.63) is 63.6 Å². The first-order chi connectivity index (χ1) is 9.47. The Kier molecular flexibility index (Phi) is 4.45. The van der Waals surface area contributed by atoms with E-state index in [0.29, 0.717) is 12.2 Å². The summed E-state index contributed by atoms with van der Waals surface area (Å²) >= 11 is 3.41. The number of nitrogens with two attached hydrogens (primary N) is 1. The van der Waals surface area contributed by atoms with Gasteiger partial charge in [0.2, 0.25) is 0 Å². The fourth-order valence-electron chi connectivity index (χ4n) is 2.11. The average Bonchev–Trinajstić information content (AvgIpc) is 2.38. The monoisotopic (exact) mass is 332 g/mol. The number of carbonyl (C=O) groups excluding carboxylic acids is 1. The first-order valence-corrected chi connectivity index (χ1v) is 7.12.